The van der Waals surface area contributed by atoms with Gasteiger partial charge in [0, 0.05) is 41.6 Å². The molecule has 1 atom stereocenters. The normalized spacial score (nSPS) is 20.2. The maximum Gasteiger partial charge on any atom is 0.221 e. The first-order chi connectivity index (χ1) is 8.24. The molecule has 94 valence electrons. The first-order valence-electron chi connectivity index (χ1n) is 5.73. The van der Waals surface area contributed by atoms with Crippen molar-refractivity contribution in [1.29, 1.82) is 0 Å². The van der Waals surface area contributed by atoms with Crippen molar-refractivity contribution in [3.8, 4) is 0 Å². The molecule has 0 bridgehead atoms. The molecule has 1 aromatic rings. The molecule has 0 saturated carbocycles. The Hall–Kier alpha value is -0.590. The Bertz CT molecular complexity index is 375. The van der Waals surface area contributed by atoms with Gasteiger partial charge < -0.3 is 10.6 Å². The molecule has 1 aliphatic rings. The lowest BCUT2D eigenvalue weighted by Crippen LogP contribution is -2.41. The van der Waals surface area contributed by atoms with Crippen LogP contribution in [0.25, 0.3) is 0 Å². The van der Waals surface area contributed by atoms with Gasteiger partial charge in [-0.2, -0.15) is 11.8 Å². The highest BCUT2D eigenvalue weighted by Gasteiger charge is 2.16. The van der Waals surface area contributed by atoms with E-state index in [4.69, 9.17) is 0 Å². The van der Waals surface area contributed by atoms with Crippen LogP contribution >= 0.6 is 23.1 Å². The van der Waals surface area contributed by atoms with Gasteiger partial charge in [0.1, 0.15) is 0 Å². The second-order valence-corrected chi connectivity index (χ2v) is 6.52. The molecule has 4 nitrogen and oxygen atoms in total. The zero-order valence-corrected chi connectivity index (χ0v) is 11.5. The number of hydrogen-bond acceptors (Lipinski definition) is 5. The number of hydrogen-bond donors (Lipinski definition) is 2. The van der Waals surface area contributed by atoms with E-state index in [1.54, 1.807) is 11.3 Å². The van der Waals surface area contributed by atoms with E-state index in [1.165, 1.54) is 0 Å². The van der Waals surface area contributed by atoms with E-state index in [1.807, 2.05) is 24.9 Å². The number of amides is 1. The molecule has 1 aromatic heterocycles. The summed E-state index contributed by atoms with van der Waals surface area (Å²) in [5.74, 6) is 2.31. The molecule has 17 heavy (non-hydrogen) atoms. The van der Waals surface area contributed by atoms with Crippen molar-refractivity contribution in [2.24, 2.45) is 0 Å². The Morgan fingerprint density at radius 2 is 2.59 bits per heavy atom. The van der Waals surface area contributed by atoms with Crippen molar-refractivity contribution in [2.75, 3.05) is 18.1 Å². The molecular weight excluding hydrogens is 254 g/mol. The zero-order chi connectivity index (χ0) is 12.1. The largest absolute Gasteiger partial charge is 0.351 e. The van der Waals surface area contributed by atoms with Crippen LogP contribution in [0.1, 0.15) is 16.3 Å². The van der Waals surface area contributed by atoms with Gasteiger partial charge in [0.25, 0.3) is 0 Å². The molecule has 2 rings (SSSR count). The molecule has 0 aliphatic carbocycles. The minimum absolute atomic E-state index is 0.121. The summed E-state index contributed by atoms with van der Waals surface area (Å²) < 4.78 is 0. The highest BCUT2D eigenvalue weighted by Crippen LogP contribution is 2.12. The summed E-state index contributed by atoms with van der Waals surface area (Å²) in [6.07, 6.45) is 2.40. The molecule has 6 heteroatoms. The SMILES string of the molecule is Cc1ncc(CNC(=O)CC2CSCCN2)s1. The zero-order valence-electron chi connectivity index (χ0n) is 9.86. The van der Waals surface area contributed by atoms with Gasteiger partial charge in [-0.05, 0) is 6.92 Å². The van der Waals surface area contributed by atoms with Crippen LogP contribution in [0.5, 0.6) is 0 Å². The Morgan fingerprint density at radius 3 is 3.24 bits per heavy atom. The number of aryl methyl sites for hydroxylation is 1. The summed E-state index contributed by atoms with van der Waals surface area (Å²) >= 11 is 3.54. The number of aromatic nitrogens is 1. The van der Waals surface area contributed by atoms with Crippen LogP contribution in [0.2, 0.25) is 0 Å². The molecule has 1 aliphatic heterocycles. The molecule has 1 fully saturated rings. The third kappa shape index (κ3) is 4.29. The molecule has 2 N–H and O–H groups in total. The average Bonchev–Trinajstić information content (AvgIpc) is 2.74. The van der Waals surface area contributed by atoms with Gasteiger partial charge in [-0.3, -0.25) is 4.79 Å². The summed E-state index contributed by atoms with van der Waals surface area (Å²) in [6.45, 7) is 3.58. The van der Waals surface area contributed by atoms with Gasteiger partial charge in [0.15, 0.2) is 0 Å². The topological polar surface area (TPSA) is 54.0 Å². The van der Waals surface area contributed by atoms with Gasteiger partial charge in [-0.1, -0.05) is 0 Å². The van der Waals surface area contributed by atoms with E-state index in [-0.39, 0.29) is 5.91 Å². The number of nitrogens with one attached hydrogen (secondary N) is 2. The highest BCUT2D eigenvalue weighted by atomic mass is 32.2. The molecule has 1 unspecified atom stereocenters. The van der Waals surface area contributed by atoms with Crippen LogP contribution in [0.15, 0.2) is 6.20 Å². The van der Waals surface area contributed by atoms with E-state index < -0.39 is 0 Å². The quantitative estimate of drug-likeness (QED) is 0.863. The number of carbonyl (C=O) groups excluding carboxylic acids is 1. The fraction of sp³-hybridized carbons (Fsp3) is 0.636. The van der Waals surface area contributed by atoms with Crippen molar-refractivity contribution in [3.63, 3.8) is 0 Å². The number of nitrogens with zero attached hydrogens (tertiary/aromatic N) is 1. The second kappa shape index (κ2) is 6.37. The summed E-state index contributed by atoms with van der Waals surface area (Å²) in [6, 6.07) is 0.331. The van der Waals surface area contributed by atoms with Crippen LogP contribution in [-0.4, -0.2) is 35.0 Å². The van der Waals surface area contributed by atoms with Crippen molar-refractivity contribution in [1.82, 2.24) is 15.6 Å². The second-order valence-electron chi connectivity index (χ2n) is 4.05. The molecular formula is C11H17N3OS2. The first-order valence-corrected chi connectivity index (χ1v) is 7.70. The Balaban J connectivity index is 1.70. The highest BCUT2D eigenvalue weighted by molar-refractivity contribution is 7.99. The van der Waals surface area contributed by atoms with Crippen LogP contribution < -0.4 is 10.6 Å². The number of carbonyl (C=O) groups is 1. The predicted molar refractivity (Wildman–Crippen MR) is 72.4 cm³/mol. The van der Waals surface area contributed by atoms with Crippen LogP contribution in [0.4, 0.5) is 0 Å². The van der Waals surface area contributed by atoms with E-state index >= 15 is 0 Å². The van der Waals surface area contributed by atoms with Crippen molar-refractivity contribution in [2.45, 2.75) is 25.9 Å². The summed E-state index contributed by atoms with van der Waals surface area (Å²) in [5.41, 5.74) is 0. The molecule has 0 spiro atoms. The smallest absolute Gasteiger partial charge is 0.221 e. The third-order valence-electron chi connectivity index (χ3n) is 2.56. The molecule has 1 saturated heterocycles. The third-order valence-corrected chi connectivity index (χ3v) is 4.60. The maximum absolute atomic E-state index is 11.7. The van der Waals surface area contributed by atoms with Crippen molar-refractivity contribution < 1.29 is 4.79 Å². The molecule has 0 aromatic carbocycles. The van der Waals surface area contributed by atoms with Crippen molar-refractivity contribution >= 4 is 29.0 Å². The molecule has 0 radical (unpaired) electrons. The van der Waals surface area contributed by atoms with Crippen LogP contribution in [0, 0.1) is 6.92 Å². The number of thioether (sulfide) groups is 1. The molecule has 2 heterocycles. The van der Waals surface area contributed by atoms with Gasteiger partial charge in [0.05, 0.1) is 11.6 Å². The van der Waals surface area contributed by atoms with E-state index in [0.29, 0.717) is 19.0 Å². The van der Waals surface area contributed by atoms with Gasteiger partial charge in [-0.25, -0.2) is 4.98 Å². The van der Waals surface area contributed by atoms with Crippen molar-refractivity contribution in [3.05, 3.63) is 16.1 Å². The van der Waals surface area contributed by atoms with E-state index in [0.717, 1.165) is 27.9 Å². The Kier molecular flexibility index (Phi) is 4.82. The first kappa shape index (κ1) is 12.9. The summed E-state index contributed by atoms with van der Waals surface area (Å²) in [4.78, 5) is 17.0. The number of rotatable bonds is 4. The number of thiazole rings is 1. The fourth-order valence-corrected chi connectivity index (χ4v) is 3.40. The monoisotopic (exact) mass is 271 g/mol. The minimum atomic E-state index is 0.121. The predicted octanol–water partition coefficient (Wildman–Crippen LogP) is 1.16. The minimum Gasteiger partial charge on any atom is -0.351 e. The lowest BCUT2D eigenvalue weighted by atomic mass is 10.2. The molecule has 1 amide bonds. The summed E-state index contributed by atoms with van der Waals surface area (Å²) in [5, 5.41) is 7.34. The summed E-state index contributed by atoms with van der Waals surface area (Å²) in [7, 11) is 0. The van der Waals surface area contributed by atoms with E-state index in [2.05, 4.69) is 15.6 Å². The standard InChI is InChI=1S/C11H17N3OS2/c1-8-13-5-10(17-8)6-14-11(15)4-9-7-16-3-2-12-9/h5,9,12H,2-4,6-7H2,1H3,(H,14,15). The lowest BCUT2D eigenvalue weighted by Gasteiger charge is -2.22. The van der Waals surface area contributed by atoms with Gasteiger partial charge in [0.2, 0.25) is 5.91 Å². The fourth-order valence-electron chi connectivity index (χ4n) is 1.72. The Morgan fingerprint density at radius 1 is 1.71 bits per heavy atom. The maximum atomic E-state index is 11.7. The van der Waals surface area contributed by atoms with Crippen LogP contribution in [-0.2, 0) is 11.3 Å². The van der Waals surface area contributed by atoms with Crippen LogP contribution in [0.3, 0.4) is 0 Å². The Labute approximate surface area is 110 Å². The average molecular weight is 271 g/mol. The van der Waals surface area contributed by atoms with Gasteiger partial charge >= 0.3 is 0 Å². The lowest BCUT2D eigenvalue weighted by molar-refractivity contribution is -0.121. The van der Waals surface area contributed by atoms with Gasteiger partial charge in [-0.15, -0.1) is 11.3 Å². The van der Waals surface area contributed by atoms with E-state index in [9.17, 15) is 4.79 Å².